The van der Waals surface area contributed by atoms with Gasteiger partial charge in [-0.2, -0.15) is 24.0 Å². The van der Waals surface area contributed by atoms with Gasteiger partial charge in [0.2, 0.25) is 0 Å². The Morgan fingerprint density at radius 1 is 1.22 bits per heavy atom. The number of nitrogens with two attached hydrogens (primary N) is 1. The minimum absolute atomic E-state index is 0.00694. The van der Waals surface area contributed by atoms with E-state index in [4.69, 9.17) is 31.5 Å². The average molecular weight is 737 g/mol. The van der Waals surface area contributed by atoms with Gasteiger partial charge < -0.3 is 24.8 Å². The fourth-order valence-corrected chi connectivity index (χ4v) is 9.10. The summed E-state index contributed by atoms with van der Waals surface area (Å²) in [5.74, 6) is -2.02. The number of rotatable bonds is 6. The van der Waals surface area contributed by atoms with E-state index >= 15 is 4.39 Å². The molecule has 0 aliphatic carbocycles. The van der Waals surface area contributed by atoms with Crippen molar-refractivity contribution in [3.8, 4) is 29.0 Å². The molecule has 3 atom stereocenters. The number of anilines is 2. The highest BCUT2D eigenvalue weighted by Gasteiger charge is 2.49. The molecule has 17 heteroatoms. The fourth-order valence-electron chi connectivity index (χ4n) is 7.82. The SMILES string of the molecule is N#Cc1c(N)sc2c(F)ccc(-c3c(Cl)c4c5c(nc(OC[C@@]67CCCN6CC(=C(F)F)C7)nc5c3F)N(C3CCOC3)C(C(F)F)CO4)c12. The van der Waals surface area contributed by atoms with Gasteiger partial charge in [0.05, 0.1) is 38.9 Å². The van der Waals surface area contributed by atoms with Gasteiger partial charge in [0.1, 0.15) is 47.5 Å². The predicted molar refractivity (Wildman–Crippen MR) is 174 cm³/mol. The summed E-state index contributed by atoms with van der Waals surface area (Å²) >= 11 is 7.72. The van der Waals surface area contributed by atoms with Gasteiger partial charge in [0.25, 0.3) is 12.5 Å². The summed E-state index contributed by atoms with van der Waals surface area (Å²) in [6, 6.07) is 1.74. The molecular formula is C33H27ClF6N6O3S. The molecule has 0 saturated carbocycles. The highest BCUT2D eigenvalue weighted by molar-refractivity contribution is 7.23. The Kier molecular flexibility index (Phi) is 8.17. The molecule has 9 nitrogen and oxygen atoms in total. The normalized spacial score (nSPS) is 23.5. The summed E-state index contributed by atoms with van der Waals surface area (Å²) in [5, 5.41) is 9.51. The van der Waals surface area contributed by atoms with Gasteiger partial charge in [0.15, 0.2) is 11.6 Å². The van der Waals surface area contributed by atoms with Gasteiger partial charge in [-0.3, -0.25) is 4.90 Å². The maximum atomic E-state index is 17.2. The highest BCUT2D eigenvalue weighted by atomic mass is 35.5. The Labute approximate surface area is 289 Å². The molecule has 8 rings (SSSR count). The van der Waals surface area contributed by atoms with Crippen LogP contribution in [0.2, 0.25) is 5.02 Å². The van der Waals surface area contributed by atoms with E-state index in [-0.39, 0.29) is 97.0 Å². The average Bonchev–Trinajstić information content (AvgIpc) is 3.86. The van der Waals surface area contributed by atoms with Crippen molar-refractivity contribution >= 4 is 54.7 Å². The number of aromatic nitrogens is 2. The van der Waals surface area contributed by atoms with Crippen molar-refractivity contribution in [2.45, 2.75) is 49.7 Å². The quantitative estimate of drug-likeness (QED) is 0.204. The van der Waals surface area contributed by atoms with Crippen LogP contribution in [0.4, 0.5) is 37.2 Å². The Balaban J connectivity index is 1.36. The topological polar surface area (TPSA) is 110 Å². The first-order chi connectivity index (χ1) is 24.0. The van der Waals surface area contributed by atoms with Crippen LogP contribution in [0.25, 0.3) is 32.1 Å². The Morgan fingerprint density at radius 2 is 2.04 bits per heavy atom. The van der Waals surface area contributed by atoms with E-state index in [0.717, 1.165) is 23.8 Å². The molecule has 2 N–H and O–H groups in total. The lowest BCUT2D eigenvalue weighted by Gasteiger charge is -2.35. The monoisotopic (exact) mass is 736 g/mol. The smallest absolute Gasteiger partial charge is 0.319 e. The number of hydrogen-bond donors (Lipinski definition) is 1. The van der Waals surface area contributed by atoms with Gasteiger partial charge in [-0.1, -0.05) is 17.7 Å². The minimum atomic E-state index is -2.95. The number of halogens is 7. The number of alkyl halides is 2. The van der Waals surface area contributed by atoms with Crippen molar-refractivity contribution in [2.75, 3.05) is 50.2 Å². The Morgan fingerprint density at radius 3 is 2.76 bits per heavy atom. The zero-order valence-electron chi connectivity index (χ0n) is 26.0. The third-order valence-electron chi connectivity index (χ3n) is 10.1. The lowest BCUT2D eigenvalue weighted by molar-refractivity contribution is 0.0811. The van der Waals surface area contributed by atoms with Gasteiger partial charge in [-0.25, -0.2) is 17.6 Å². The number of fused-ring (bicyclic) bond motifs is 2. The number of ether oxygens (including phenoxy) is 3. The molecule has 2 aromatic carbocycles. The van der Waals surface area contributed by atoms with Gasteiger partial charge in [-0.15, -0.1) is 11.3 Å². The first kappa shape index (κ1) is 33.1. The molecule has 262 valence electrons. The van der Waals surface area contributed by atoms with Crippen LogP contribution >= 0.6 is 22.9 Å². The second-order valence-corrected chi connectivity index (χ2v) is 14.3. The number of nitrogen functional groups attached to an aromatic ring is 1. The van der Waals surface area contributed by atoms with Gasteiger partial charge in [-0.05, 0) is 43.9 Å². The molecule has 0 bridgehead atoms. The summed E-state index contributed by atoms with van der Waals surface area (Å²) in [7, 11) is 0. The first-order valence-electron chi connectivity index (χ1n) is 15.8. The maximum absolute atomic E-state index is 17.2. The van der Waals surface area contributed by atoms with Crippen molar-refractivity contribution in [2.24, 2.45) is 0 Å². The van der Waals surface area contributed by atoms with Crippen LogP contribution in [0.5, 0.6) is 11.8 Å². The second-order valence-electron chi connectivity index (χ2n) is 12.9. The van der Waals surface area contributed by atoms with Gasteiger partial charge in [0, 0.05) is 29.7 Å². The number of hydrogen-bond acceptors (Lipinski definition) is 10. The second kappa shape index (κ2) is 12.3. The van der Waals surface area contributed by atoms with Crippen LogP contribution in [-0.4, -0.2) is 78.4 Å². The minimum Gasteiger partial charge on any atom is -0.489 e. The molecule has 3 saturated heterocycles. The van der Waals surface area contributed by atoms with Crippen LogP contribution in [0.3, 0.4) is 0 Å². The summed E-state index contributed by atoms with van der Waals surface area (Å²) in [5.41, 5.74) is 4.48. The lowest BCUT2D eigenvalue weighted by atomic mass is 9.94. The summed E-state index contributed by atoms with van der Waals surface area (Å²) in [6.07, 6.45) is -2.96. The molecule has 3 fully saturated rings. The lowest BCUT2D eigenvalue weighted by Crippen LogP contribution is -2.50. The van der Waals surface area contributed by atoms with Crippen molar-refractivity contribution in [1.82, 2.24) is 14.9 Å². The fraction of sp³-hybridized carbons (Fsp3) is 0.424. The van der Waals surface area contributed by atoms with E-state index in [1.807, 2.05) is 11.0 Å². The van der Waals surface area contributed by atoms with Crippen molar-refractivity contribution in [1.29, 1.82) is 5.26 Å². The first-order valence-corrected chi connectivity index (χ1v) is 17.0. The molecule has 2 unspecified atom stereocenters. The molecule has 0 spiro atoms. The van der Waals surface area contributed by atoms with Crippen LogP contribution in [0.1, 0.15) is 31.2 Å². The highest BCUT2D eigenvalue weighted by Crippen LogP contribution is 2.52. The number of nitrogens with zero attached hydrogens (tertiary/aromatic N) is 5. The van der Waals surface area contributed by atoms with Crippen LogP contribution in [0, 0.1) is 23.0 Å². The zero-order chi connectivity index (χ0) is 35.1. The third-order valence-corrected chi connectivity index (χ3v) is 11.5. The van der Waals surface area contributed by atoms with Crippen molar-refractivity contribution in [3.05, 3.63) is 46.0 Å². The van der Waals surface area contributed by atoms with E-state index < -0.39 is 48.4 Å². The van der Waals surface area contributed by atoms with Crippen LogP contribution < -0.4 is 20.1 Å². The maximum Gasteiger partial charge on any atom is 0.319 e. The van der Waals surface area contributed by atoms with Crippen LogP contribution in [-0.2, 0) is 4.74 Å². The molecular weight excluding hydrogens is 710 g/mol. The Bertz CT molecular complexity index is 2140. The van der Waals surface area contributed by atoms with Crippen molar-refractivity contribution < 1.29 is 40.6 Å². The molecule has 4 aliphatic rings. The molecule has 4 aliphatic heterocycles. The summed E-state index contributed by atoms with van der Waals surface area (Å²) in [4.78, 5) is 12.2. The molecule has 0 radical (unpaired) electrons. The molecule has 0 amide bonds. The predicted octanol–water partition coefficient (Wildman–Crippen LogP) is 7.29. The molecule has 4 aromatic rings. The van der Waals surface area contributed by atoms with Crippen LogP contribution in [0.15, 0.2) is 23.8 Å². The zero-order valence-corrected chi connectivity index (χ0v) is 27.6. The molecule has 6 heterocycles. The van der Waals surface area contributed by atoms with E-state index in [2.05, 4.69) is 9.97 Å². The van der Waals surface area contributed by atoms with Crippen molar-refractivity contribution in [3.63, 3.8) is 0 Å². The largest absolute Gasteiger partial charge is 0.489 e. The summed E-state index contributed by atoms with van der Waals surface area (Å²) < 4.78 is 107. The van der Waals surface area contributed by atoms with E-state index in [1.54, 1.807) is 0 Å². The molecule has 50 heavy (non-hydrogen) atoms. The third kappa shape index (κ3) is 5.03. The van der Waals surface area contributed by atoms with E-state index in [1.165, 1.54) is 11.0 Å². The van der Waals surface area contributed by atoms with Gasteiger partial charge >= 0.3 is 6.01 Å². The number of nitriles is 1. The van der Waals surface area contributed by atoms with E-state index in [9.17, 15) is 27.2 Å². The Hall–Kier alpha value is -4.04. The summed E-state index contributed by atoms with van der Waals surface area (Å²) in [6.45, 7) is 0.347. The number of thiophene rings is 1. The molecule has 2 aromatic heterocycles. The number of benzene rings is 2. The van der Waals surface area contributed by atoms with E-state index in [0.29, 0.717) is 26.0 Å². The standard InChI is InChI=1S/C33H27ClF6N6O3S/c34-23-21(16-2-3-18(35)27-20(16)17(9-41)30(42)50-27)24(36)25-22-26(23)48-12-19(29(39)40)46(15-4-7-47-11-15)31(22)44-32(43-25)49-13-33-5-1-6-45(33)10-14(8-33)28(37)38/h2-3,15,19,29H,1,4-8,10-13,42H2/t15?,19?,33-/m0/s1.